The molecule has 0 unspecified atom stereocenters. The van der Waals surface area contributed by atoms with Crippen molar-refractivity contribution in [3.63, 3.8) is 0 Å². The molecule has 1 aliphatic rings. The van der Waals surface area contributed by atoms with Crippen LogP contribution in [0.15, 0.2) is 52.5 Å². The third-order valence-corrected chi connectivity index (χ3v) is 4.49. The van der Waals surface area contributed by atoms with Gasteiger partial charge in [-0.15, -0.1) is 11.8 Å². The molecular formula is C17H14FNO3S. The lowest BCUT2D eigenvalue weighted by Crippen LogP contribution is -2.12. The van der Waals surface area contributed by atoms with Gasteiger partial charge in [0, 0.05) is 22.6 Å². The Hall–Kier alpha value is -2.34. The number of fused-ring (bicyclic) bond motifs is 1. The van der Waals surface area contributed by atoms with Crippen LogP contribution in [-0.4, -0.2) is 24.5 Å². The molecule has 4 nitrogen and oxygen atoms in total. The van der Waals surface area contributed by atoms with Crippen molar-refractivity contribution in [3.8, 4) is 5.75 Å². The summed E-state index contributed by atoms with van der Waals surface area (Å²) in [5, 5.41) is 3.94. The van der Waals surface area contributed by atoms with Crippen molar-refractivity contribution in [2.24, 2.45) is 5.16 Å². The first-order valence-electron chi connectivity index (χ1n) is 7.02. The van der Waals surface area contributed by atoms with Gasteiger partial charge in [0.1, 0.15) is 11.6 Å². The first kappa shape index (κ1) is 15.6. The summed E-state index contributed by atoms with van der Waals surface area (Å²) in [7, 11) is 1.55. The van der Waals surface area contributed by atoms with Crippen LogP contribution >= 0.6 is 11.8 Å². The molecular weight excluding hydrogens is 317 g/mol. The molecule has 0 amide bonds. The van der Waals surface area contributed by atoms with Gasteiger partial charge >= 0.3 is 5.97 Å². The molecule has 0 bridgehead atoms. The van der Waals surface area contributed by atoms with Crippen LogP contribution in [0, 0.1) is 5.82 Å². The van der Waals surface area contributed by atoms with E-state index in [0.29, 0.717) is 29.0 Å². The van der Waals surface area contributed by atoms with Crippen LogP contribution < -0.4 is 4.74 Å². The smallest absolute Gasteiger partial charge is 0.365 e. The van der Waals surface area contributed by atoms with Gasteiger partial charge < -0.3 is 9.57 Å². The van der Waals surface area contributed by atoms with Crippen LogP contribution in [0.2, 0.25) is 0 Å². The zero-order valence-corrected chi connectivity index (χ0v) is 13.2. The lowest BCUT2D eigenvalue weighted by Gasteiger charge is -2.16. The summed E-state index contributed by atoms with van der Waals surface area (Å²) >= 11 is 1.63. The number of carbonyl (C=O) groups is 1. The van der Waals surface area contributed by atoms with Crippen LogP contribution in [-0.2, 0) is 4.84 Å². The number of methoxy groups -OCH3 is 1. The molecule has 3 rings (SSSR count). The maximum Gasteiger partial charge on any atom is 0.365 e. The number of hydrogen-bond donors (Lipinski definition) is 0. The van der Waals surface area contributed by atoms with E-state index in [2.05, 4.69) is 5.16 Å². The average Bonchev–Trinajstić information content (AvgIpc) is 2.59. The molecule has 0 saturated heterocycles. The van der Waals surface area contributed by atoms with Crippen LogP contribution in [0.4, 0.5) is 4.39 Å². The number of ether oxygens (including phenoxy) is 1. The number of halogens is 1. The standard InChI is InChI=1S/C17H14FNO3S/c1-21-13-5-2-11(3-6-13)17(20)22-19-15-8-9-23-16-7-4-12(18)10-14(15)16/h2-7,10H,8-9H2,1H3/b19-15-. The molecule has 0 spiro atoms. The number of hydrogen-bond acceptors (Lipinski definition) is 5. The quantitative estimate of drug-likeness (QED) is 0.632. The van der Waals surface area contributed by atoms with Crippen LogP contribution in [0.25, 0.3) is 0 Å². The molecule has 0 radical (unpaired) electrons. The van der Waals surface area contributed by atoms with E-state index in [0.717, 1.165) is 10.6 Å². The van der Waals surface area contributed by atoms with E-state index in [1.807, 2.05) is 0 Å². The Morgan fingerprint density at radius 1 is 1.22 bits per heavy atom. The number of benzene rings is 2. The van der Waals surface area contributed by atoms with Gasteiger partial charge in [-0.1, -0.05) is 5.16 Å². The molecule has 0 N–H and O–H groups in total. The molecule has 1 heterocycles. The van der Waals surface area contributed by atoms with Crippen LogP contribution in [0.5, 0.6) is 5.75 Å². The van der Waals surface area contributed by atoms with E-state index in [-0.39, 0.29) is 5.82 Å². The fraction of sp³-hybridized carbons (Fsp3) is 0.176. The molecule has 0 saturated carbocycles. The Kier molecular flexibility index (Phi) is 4.62. The van der Waals surface area contributed by atoms with Crippen LogP contribution in [0.3, 0.4) is 0 Å². The van der Waals surface area contributed by atoms with E-state index >= 15 is 0 Å². The van der Waals surface area contributed by atoms with Crippen LogP contribution in [0.1, 0.15) is 22.3 Å². The van der Waals surface area contributed by atoms with Crippen molar-refractivity contribution >= 4 is 23.4 Å². The highest BCUT2D eigenvalue weighted by Crippen LogP contribution is 2.30. The molecule has 0 atom stereocenters. The molecule has 0 fully saturated rings. The van der Waals surface area contributed by atoms with E-state index < -0.39 is 5.97 Å². The predicted molar refractivity (Wildman–Crippen MR) is 86.7 cm³/mol. The number of carbonyl (C=O) groups excluding carboxylic acids is 1. The summed E-state index contributed by atoms with van der Waals surface area (Å²) in [6, 6.07) is 11.1. The second kappa shape index (κ2) is 6.83. The largest absolute Gasteiger partial charge is 0.497 e. The van der Waals surface area contributed by atoms with Gasteiger partial charge in [0.15, 0.2) is 0 Å². The minimum Gasteiger partial charge on any atom is -0.497 e. The highest BCUT2D eigenvalue weighted by Gasteiger charge is 2.18. The summed E-state index contributed by atoms with van der Waals surface area (Å²) in [6.45, 7) is 0. The molecule has 6 heteroatoms. The molecule has 0 aliphatic carbocycles. The molecule has 0 aromatic heterocycles. The normalized spacial score (nSPS) is 15.1. The predicted octanol–water partition coefficient (Wildman–Crippen LogP) is 3.89. The average molecular weight is 331 g/mol. The molecule has 2 aromatic carbocycles. The Morgan fingerprint density at radius 2 is 2.00 bits per heavy atom. The summed E-state index contributed by atoms with van der Waals surface area (Å²) in [4.78, 5) is 18.0. The van der Waals surface area contributed by atoms with E-state index in [9.17, 15) is 9.18 Å². The zero-order chi connectivity index (χ0) is 16.2. The fourth-order valence-corrected chi connectivity index (χ4v) is 3.23. The van der Waals surface area contributed by atoms with Crippen molar-refractivity contribution < 1.29 is 18.8 Å². The second-order valence-corrected chi connectivity index (χ2v) is 6.02. The van der Waals surface area contributed by atoms with Gasteiger partial charge in [0.2, 0.25) is 0 Å². The minimum atomic E-state index is -0.559. The van der Waals surface area contributed by atoms with Crippen molar-refractivity contribution in [1.82, 2.24) is 0 Å². The lowest BCUT2D eigenvalue weighted by atomic mass is 10.1. The van der Waals surface area contributed by atoms with E-state index in [4.69, 9.17) is 9.57 Å². The molecule has 118 valence electrons. The first-order valence-corrected chi connectivity index (χ1v) is 8.01. The summed E-state index contributed by atoms with van der Waals surface area (Å²) in [5.41, 5.74) is 1.64. The SMILES string of the molecule is COc1ccc(C(=O)O/N=C2/CCSc3ccc(F)cc32)cc1. The second-order valence-electron chi connectivity index (χ2n) is 4.88. The van der Waals surface area contributed by atoms with Gasteiger partial charge in [0.05, 0.1) is 18.4 Å². The van der Waals surface area contributed by atoms with Crippen molar-refractivity contribution in [2.45, 2.75) is 11.3 Å². The Labute approximate surface area is 137 Å². The molecule has 23 heavy (non-hydrogen) atoms. The van der Waals surface area contributed by atoms with E-state index in [1.165, 1.54) is 12.1 Å². The fourth-order valence-electron chi connectivity index (χ4n) is 2.22. The minimum absolute atomic E-state index is 0.333. The van der Waals surface area contributed by atoms with Crippen molar-refractivity contribution in [3.05, 3.63) is 59.4 Å². The number of oxime groups is 1. The molecule has 1 aliphatic heterocycles. The zero-order valence-electron chi connectivity index (χ0n) is 12.4. The van der Waals surface area contributed by atoms with Gasteiger partial charge in [-0.25, -0.2) is 9.18 Å². The van der Waals surface area contributed by atoms with Gasteiger partial charge in [-0.05, 0) is 42.5 Å². The third-order valence-electron chi connectivity index (χ3n) is 3.41. The summed E-state index contributed by atoms with van der Waals surface area (Å²) in [6.07, 6.45) is 0.622. The Bertz CT molecular complexity index is 759. The maximum absolute atomic E-state index is 13.4. The lowest BCUT2D eigenvalue weighted by molar-refractivity contribution is 0.0515. The van der Waals surface area contributed by atoms with Gasteiger partial charge in [-0.3, -0.25) is 0 Å². The Morgan fingerprint density at radius 3 is 2.74 bits per heavy atom. The maximum atomic E-state index is 13.4. The third kappa shape index (κ3) is 3.53. The number of thioether (sulfide) groups is 1. The number of nitrogens with zero attached hydrogens (tertiary/aromatic N) is 1. The first-order chi connectivity index (χ1) is 11.2. The highest BCUT2D eigenvalue weighted by atomic mass is 32.2. The van der Waals surface area contributed by atoms with Gasteiger partial charge in [0.25, 0.3) is 0 Å². The summed E-state index contributed by atoms with van der Waals surface area (Å²) < 4.78 is 18.5. The van der Waals surface area contributed by atoms with Gasteiger partial charge in [-0.2, -0.15) is 0 Å². The van der Waals surface area contributed by atoms with Crippen molar-refractivity contribution in [1.29, 1.82) is 0 Å². The van der Waals surface area contributed by atoms with Crippen molar-refractivity contribution in [2.75, 3.05) is 12.9 Å². The Balaban J connectivity index is 1.78. The molecule has 2 aromatic rings. The summed E-state index contributed by atoms with van der Waals surface area (Å²) in [5.74, 6) is 0.579. The monoisotopic (exact) mass is 331 g/mol. The highest BCUT2D eigenvalue weighted by molar-refractivity contribution is 7.99. The number of rotatable bonds is 3. The van der Waals surface area contributed by atoms with E-state index in [1.54, 1.807) is 49.2 Å². The topological polar surface area (TPSA) is 47.9 Å².